The second-order valence-corrected chi connectivity index (χ2v) is 4.23. The topological polar surface area (TPSA) is 116 Å². The standard InChI is InChI=1S/C10H15N5O3/c1-18-7-3-2-6(4-7)14-10-8(15(16)17)9(11)12-5-13-10/h5-7H,2-4H2,1H3,(H3,11,12,13,14). The summed E-state index contributed by atoms with van der Waals surface area (Å²) in [6.45, 7) is 0. The molecule has 0 aromatic carbocycles. The van der Waals surface area contributed by atoms with Gasteiger partial charge in [-0.3, -0.25) is 10.1 Å². The van der Waals surface area contributed by atoms with Crippen LogP contribution in [0.15, 0.2) is 6.33 Å². The van der Waals surface area contributed by atoms with Gasteiger partial charge in [0.1, 0.15) is 6.33 Å². The molecule has 2 atom stereocenters. The summed E-state index contributed by atoms with van der Waals surface area (Å²) in [5.74, 6) is 0.0491. The van der Waals surface area contributed by atoms with Gasteiger partial charge in [-0.05, 0) is 19.3 Å². The van der Waals surface area contributed by atoms with Gasteiger partial charge in [-0.25, -0.2) is 9.97 Å². The SMILES string of the molecule is COC1CCC(Nc2ncnc(N)c2[N+](=O)[O-])C1. The predicted octanol–water partition coefficient (Wildman–Crippen LogP) is 0.946. The lowest BCUT2D eigenvalue weighted by atomic mass is 10.2. The van der Waals surface area contributed by atoms with E-state index in [1.54, 1.807) is 7.11 Å². The number of rotatable bonds is 4. The smallest absolute Gasteiger partial charge is 0.352 e. The zero-order chi connectivity index (χ0) is 13.1. The van der Waals surface area contributed by atoms with E-state index >= 15 is 0 Å². The van der Waals surface area contributed by atoms with Crippen molar-refractivity contribution in [2.75, 3.05) is 18.2 Å². The highest BCUT2D eigenvalue weighted by Gasteiger charge is 2.28. The van der Waals surface area contributed by atoms with Crippen LogP contribution >= 0.6 is 0 Å². The molecule has 2 unspecified atom stereocenters. The molecule has 0 bridgehead atoms. The number of nitrogens with zero attached hydrogens (tertiary/aromatic N) is 3. The van der Waals surface area contributed by atoms with Crippen LogP contribution in [0.2, 0.25) is 0 Å². The normalized spacial score (nSPS) is 22.9. The zero-order valence-corrected chi connectivity index (χ0v) is 10.00. The molecule has 0 saturated heterocycles. The Hall–Kier alpha value is -1.96. The lowest BCUT2D eigenvalue weighted by Gasteiger charge is -2.13. The van der Waals surface area contributed by atoms with Crippen LogP contribution < -0.4 is 11.1 Å². The van der Waals surface area contributed by atoms with E-state index < -0.39 is 4.92 Å². The van der Waals surface area contributed by atoms with E-state index in [0.717, 1.165) is 19.3 Å². The Morgan fingerprint density at radius 1 is 1.56 bits per heavy atom. The largest absolute Gasteiger partial charge is 0.381 e. The fraction of sp³-hybridized carbons (Fsp3) is 0.600. The van der Waals surface area contributed by atoms with E-state index in [1.165, 1.54) is 6.33 Å². The van der Waals surface area contributed by atoms with Gasteiger partial charge in [0.25, 0.3) is 0 Å². The molecular weight excluding hydrogens is 238 g/mol. The first-order chi connectivity index (χ1) is 8.61. The number of ether oxygens (including phenoxy) is 1. The highest BCUT2D eigenvalue weighted by molar-refractivity contribution is 5.67. The van der Waals surface area contributed by atoms with Gasteiger partial charge in [-0.2, -0.15) is 0 Å². The number of methoxy groups -OCH3 is 1. The van der Waals surface area contributed by atoms with Gasteiger partial charge in [-0.15, -0.1) is 0 Å². The molecule has 1 heterocycles. The first-order valence-corrected chi connectivity index (χ1v) is 5.66. The molecule has 0 spiro atoms. The molecule has 1 aliphatic carbocycles. The maximum Gasteiger partial charge on any atom is 0.352 e. The van der Waals surface area contributed by atoms with Crippen LogP contribution in [0.4, 0.5) is 17.3 Å². The molecule has 1 aromatic rings. The van der Waals surface area contributed by atoms with Crippen molar-refractivity contribution in [3.63, 3.8) is 0 Å². The number of hydrogen-bond acceptors (Lipinski definition) is 7. The second-order valence-electron chi connectivity index (χ2n) is 4.23. The number of nitrogens with two attached hydrogens (primary N) is 1. The van der Waals surface area contributed by atoms with E-state index in [0.29, 0.717) is 0 Å². The van der Waals surface area contributed by atoms with Gasteiger partial charge < -0.3 is 15.8 Å². The lowest BCUT2D eigenvalue weighted by Crippen LogP contribution is -2.19. The van der Waals surface area contributed by atoms with E-state index in [-0.39, 0.29) is 29.5 Å². The molecule has 1 fully saturated rings. The van der Waals surface area contributed by atoms with Gasteiger partial charge in [0.15, 0.2) is 0 Å². The highest BCUT2D eigenvalue weighted by Crippen LogP contribution is 2.30. The van der Waals surface area contributed by atoms with Crippen molar-refractivity contribution < 1.29 is 9.66 Å². The monoisotopic (exact) mass is 253 g/mol. The second kappa shape index (κ2) is 5.13. The number of hydrogen-bond donors (Lipinski definition) is 2. The quantitative estimate of drug-likeness (QED) is 0.606. The van der Waals surface area contributed by atoms with Gasteiger partial charge in [0, 0.05) is 13.2 Å². The van der Waals surface area contributed by atoms with Crippen molar-refractivity contribution in [2.45, 2.75) is 31.4 Å². The minimum Gasteiger partial charge on any atom is -0.381 e. The summed E-state index contributed by atoms with van der Waals surface area (Å²) < 4.78 is 5.25. The fourth-order valence-electron chi connectivity index (χ4n) is 2.16. The predicted molar refractivity (Wildman–Crippen MR) is 65.2 cm³/mol. The Morgan fingerprint density at radius 3 is 2.94 bits per heavy atom. The number of nitrogens with one attached hydrogen (secondary N) is 1. The molecule has 1 aromatic heterocycles. The molecule has 0 radical (unpaired) electrons. The Balaban J connectivity index is 2.15. The van der Waals surface area contributed by atoms with E-state index in [4.69, 9.17) is 10.5 Å². The maximum atomic E-state index is 10.9. The summed E-state index contributed by atoms with van der Waals surface area (Å²) in [6.07, 6.45) is 4.04. The van der Waals surface area contributed by atoms with Crippen LogP contribution in [0.1, 0.15) is 19.3 Å². The summed E-state index contributed by atoms with van der Waals surface area (Å²) in [4.78, 5) is 17.9. The van der Waals surface area contributed by atoms with Crippen LogP contribution in [0, 0.1) is 10.1 Å². The van der Waals surface area contributed by atoms with Crippen molar-refractivity contribution in [1.29, 1.82) is 0 Å². The number of nitro groups is 1. The first-order valence-electron chi connectivity index (χ1n) is 5.66. The summed E-state index contributed by atoms with van der Waals surface area (Å²) in [7, 11) is 1.66. The number of nitrogen functional groups attached to an aromatic ring is 1. The number of anilines is 2. The lowest BCUT2D eigenvalue weighted by molar-refractivity contribution is -0.383. The minimum absolute atomic E-state index is 0.114. The third kappa shape index (κ3) is 2.48. The van der Waals surface area contributed by atoms with E-state index in [9.17, 15) is 10.1 Å². The molecule has 1 saturated carbocycles. The first kappa shape index (κ1) is 12.5. The van der Waals surface area contributed by atoms with Crippen LogP contribution in [-0.4, -0.2) is 34.1 Å². The summed E-state index contributed by atoms with van der Waals surface area (Å²) in [5, 5.41) is 14.0. The molecule has 8 heteroatoms. The maximum absolute atomic E-state index is 10.9. The van der Waals surface area contributed by atoms with Gasteiger partial charge in [0.2, 0.25) is 11.6 Å². The molecule has 8 nitrogen and oxygen atoms in total. The van der Waals surface area contributed by atoms with E-state index in [1.807, 2.05) is 0 Å². The summed E-state index contributed by atoms with van der Waals surface area (Å²) >= 11 is 0. The average Bonchev–Trinajstić information content (AvgIpc) is 2.76. The number of aromatic nitrogens is 2. The molecule has 18 heavy (non-hydrogen) atoms. The Morgan fingerprint density at radius 2 is 2.33 bits per heavy atom. The Labute approximate surface area is 104 Å². The Kier molecular flexibility index (Phi) is 3.56. The molecule has 2 rings (SSSR count). The van der Waals surface area contributed by atoms with Crippen molar-refractivity contribution in [3.05, 3.63) is 16.4 Å². The summed E-state index contributed by atoms with van der Waals surface area (Å²) in [5.41, 5.74) is 5.23. The van der Waals surface area contributed by atoms with Crippen molar-refractivity contribution in [3.8, 4) is 0 Å². The highest BCUT2D eigenvalue weighted by atomic mass is 16.6. The molecule has 98 valence electrons. The minimum atomic E-state index is -0.569. The van der Waals surface area contributed by atoms with E-state index in [2.05, 4.69) is 15.3 Å². The molecule has 0 aliphatic heterocycles. The zero-order valence-electron chi connectivity index (χ0n) is 10.00. The average molecular weight is 253 g/mol. The van der Waals surface area contributed by atoms with Crippen molar-refractivity contribution in [1.82, 2.24) is 9.97 Å². The van der Waals surface area contributed by atoms with Gasteiger partial charge in [0.05, 0.1) is 11.0 Å². The van der Waals surface area contributed by atoms with Gasteiger partial charge in [-0.1, -0.05) is 0 Å². The Bertz CT molecular complexity index is 453. The van der Waals surface area contributed by atoms with Crippen molar-refractivity contribution in [2.24, 2.45) is 0 Å². The van der Waals surface area contributed by atoms with Crippen LogP contribution in [0.25, 0.3) is 0 Å². The molecule has 0 amide bonds. The van der Waals surface area contributed by atoms with Crippen LogP contribution in [0.5, 0.6) is 0 Å². The fourth-order valence-corrected chi connectivity index (χ4v) is 2.16. The van der Waals surface area contributed by atoms with Crippen molar-refractivity contribution >= 4 is 17.3 Å². The molecular formula is C10H15N5O3. The third-order valence-corrected chi connectivity index (χ3v) is 3.09. The summed E-state index contributed by atoms with van der Waals surface area (Å²) in [6, 6.07) is 0.114. The van der Waals surface area contributed by atoms with Gasteiger partial charge >= 0.3 is 5.69 Å². The third-order valence-electron chi connectivity index (χ3n) is 3.09. The molecule has 1 aliphatic rings. The van der Waals surface area contributed by atoms with Crippen LogP contribution in [-0.2, 0) is 4.74 Å². The molecule has 3 N–H and O–H groups in total. The van der Waals surface area contributed by atoms with Crippen LogP contribution in [0.3, 0.4) is 0 Å².